The van der Waals surface area contributed by atoms with Crippen molar-refractivity contribution in [1.29, 1.82) is 0 Å². The first kappa shape index (κ1) is 19.4. The first-order chi connectivity index (χ1) is 12.2. The highest BCUT2D eigenvalue weighted by Crippen LogP contribution is 2.28. The summed E-state index contributed by atoms with van der Waals surface area (Å²) >= 11 is 0. The summed E-state index contributed by atoms with van der Waals surface area (Å²) in [7, 11) is -3.07. The Labute approximate surface area is 151 Å². The monoisotopic (exact) mass is 378 g/mol. The standard InChI is InChI=1S/C17H18N2O6S/c1-12-5-4-6-14(9-12)18(11-17(20)25-3)26(23,24)15-8-7-13(2)16(10-15)19(21)22/h4-10H,11H2,1-3H3. The van der Waals surface area contributed by atoms with Gasteiger partial charge in [-0.2, -0.15) is 0 Å². The van der Waals surface area contributed by atoms with Gasteiger partial charge in [0.2, 0.25) is 0 Å². The average Bonchev–Trinajstić information content (AvgIpc) is 2.59. The minimum atomic E-state index is -4.22. The second-order valence-corrected chi connectivity index (χ2v) is 7.49. The second kappa shape index (κ2) is 7.52. The Kier molecular flexibility index (Phi) is 5.61. The molecule has 138 valence electrons. The van der Waals surface area contributed by atoms with Gasteiger partial charge in [-0.3, -0.25) is 19.2 Å². The molecule has 0 aliphatic rings. The number of sulfonamides is 1. The number of rotatable bonds is 6. The zero-order valence-corrected chi connectivity index (χ0v) is 15.3. The molecule has 0 saturated heterocycles. The van der Waals surface area contributed by atoms with Crippen molar-refractivity contribution < 1.29 is 22.9 Å². The molecule has 0 heterocycles. The number of nitro groups is 1. The van der Waals surface area contributed by atoms with E-state index in [1.807, 2.05) is 0 Å². The van der Waals surface area contributed by atoms with E-state index in [2.05, 4.69) is 4.74 Å². The van der Waals surface area contributed by atoms with Gasteiger partial charge < -0.3 is 4.74 Å². The van der Waals surface area contributed by atoms with Gasteiger partial charge in [-0.1, -0.05) is 18.2 Å². The van der Waals surface area contributed by atoms with Gasteiger partial charge in [0.05, 0.1) is 22.6 Å². The quantitative estimate of drug-likeness (QED) is 0.434. The largest absolute Gasteiger partial charge is 0.468 e. The molecule has 26 heavy (non-hydrogen) atoms. The molecule has 2 aromatic carbocycles. The summed E-state index contributed by atoms with van der Waals surface area (Å²) < 4.78 is 31.6. The van der Waals surface area contributed by atoms with Crippen molar-refractivity contribution in [3.63, 3.8) is 0 Å². The smallest absolute Gasteiger partial charge is 0.326 e. The molecule has 0 aliphatic heterocycles. The number of hydrogen-bond donors (Lipinski definition) is 0. The Morgan fingerprint density at radius 3 is 2.46 bits per heavy atom. The first-order valence-electron chi connectivity index (χ1n) is 7.58. The molecule has 0 spiro atoms. The normalized spacial score (nSPS) is 11.0. The zero-order chi connectivity index (χ0) is 19.5. The molecule has 0 saturated carbocycles. The van der Waals surface area contributed by atoms with Crippen molar-refractivity contribution in [1.82, 2.24) is 0 Å². The second-order valence-electron chi connectivity index (χ2n) is 5.63. The number of carbonyl (C=O) groups excluding carboxylic acids is 1. The van der Waals surface area contributed by atoms with E-state index in [0.717, 1.165) is 23.0 Å². The third-order valence-electron chi connectivity index (χ3n) is 3.76. The predicted octanol–water partition coefficient (Wildman–Crippen LogP) is 2.58. The van der Waals surface area contributed by atoms with E-state index < -0.39 is 27.5 Å². The Bertz CT molecular complexity index is 955. The number of nitro benzene ring substituents is 1. The molecular weight excluding hydrogens is 360 g/mol. The van der Waals surface area contributed by atoms with Crippen LogP contribution in [0.3, 0.4) is 0 Å². The molecule has 0 unspecified atom stereocenters. The van der Waals surface area contributed by atoms with Crippen molar-refractivity contribution in [2.24, 2.45) is 0 Å². The number of carbonyl (C=O) groups is 1. The van der Waals surface area contributed by atoms with Crippen LogP contribution in [0.25, 0.3) is 0 Å². The van der Waals surface area contributed by atoms with E-state index in [9.17, 15) is 23.3 Å². The zero-order valence-electron chi connectivity index (χ0n) is 14.5. The maximum absolute atomic E-state index is 13.1. The fraction of sp³-hybridized carbons (Fsp3) is 0.235. The number of nitrogens with zero attached hydrogens (tertiary/aromatic N) is 2. The molecule has 0 radical (unpaired) electrons. The molecule has 2 rings (SSSR count). The van der Waals surface area contributed by atoms with Crippen molar-refractivity contribution in [2.45, 2.75) is 18.7 Å². The SMILES string of the molecule is COC(=O)CN(c1cccc(C)c1)S(=O)(=O)c1ccc(C)c([N+](=O)[O-])c1. The molecule has 2 aromatic rings. The molecule has 9 heteroatoms. The number of anilines is 1. The molecular formula is C17H18N2O6S. The Hall–Kier alpha value is -2.94. The van der Waals surface area contributed by atoms with Gasteiger partial charge in [0, 0.05) is 11.6 Å². The molecule has 8 nitrogen and oxygen atoms in total. The summed E-state index contributed by atoms with van der Waals surface area (Å²) in [6.07, 6.45) is 0. The molecule has 0 fully saturated rings. The fourth-order valence-corrected chi connectivity index (χ4v) is 3.78. The molecule has 0 N–H and O–H groups in total. The Morgan fingerprint density at radius 1 is 1.19 bits per heavy atom. The van der Waals surface area contributed by atoms with Crippen LogP contribution in [0.15, 0.2) is 47.4 Å². The number of esters is 1. The van der Waals surface area contributed by atoms with Crippen LogP contribution >= 0.6 is 0 Å². The van der Waals surface area contributed by atoms with Gasteiger partial charge >= 0.3 is 5.97 Å². The number of hydrogen-bond acceptors (Lipinski definition) is 6. The minimum absolute atomic E-state index is 0.263. The van der Waals surface area contributed by atoms with Crippen molar-refractivity contribution in [2.75, 3.05) is 18.0 Å². The predicted molar refractivity (Wildman–Crippen MR) is 95.6 cm³/mol. The van der Waals surface area contributed by atoms with E-state index in [1.54, 1.807) is 25.1 Å². The summed E-state index contributed by atoms with van der Waals surface area (Å²) in [6.45, 7) is 2.74. The van der Waals surface area contributed by atoms with Crippen LogP contribution in [-0.2, 0) is 19.6 Å². The third-order valence-corrected chi connectivity index (χ3v) is 5.53. The average molecular weight is 378 g/mol. The van der Waals surface area contributed by atoms with Crippen LogP contribution in [0.1, 0.15) is 11.1 Å². The molecule has 0 aromatic heterocycles. The Balaban J connectivity index is 2.61. The van der Waals surface area contributed by atoms with Crippen LogP contribution in [0, 0.1) is 24.0 Å². The summed E-state index contributed by atoms with van der Waals surface area (Å²) in [4.78, 5) is 22.0. The van der Waals surface area contributed by atoms with Crippen LogP contribution in [0.5, 0.6) is 0 Å². The van der Waals surface area contributed by atoms with Crippen molar-refractivity contribution in [3.05, 3.63) is 63.7 Å². The summed E-state index contributed by atoms with van der Waals surface area (Å²) in [5, 5.41) is 11.1. The van der Waals surface area contributed by atoms with Gasteiger partial charge in [0.1, 0.15) is 6.54 Å². The summed E-state index contributed by atoms with van der Waals surface area (Å²) in [6, 6.07) is 10.2. The van der Waals surface area contributed by atoms with Crippen molar-refractivity contribution in [3.8, 4) is 0 Å². The lowest BCUT2D eigenvalue weighted by molar-refractivity contribution is -0.385. The highest BCUT2D eigenvalue weighted by atomic mass is 32.2. The topological polar surface area (TPSA) is 107 Å². The molecule has 0 atom stereocenters. The van der Waals surface area contributed by atoms with E-state index in [-0.39, 0.29) is 16.3 Å². The first-order valence-corrected chi connectivity index (χ1v) is 9.02. The summed E-state index contributed by atoms with van der Waals surface area (Å²) in [5.74, 6) is -0.753. The maximum atomic E-state index is 13.1. The van der Waals surface area contributed by atoms with Crippen LogP contribution in [0.4, 0.5) is 11.4 Å². The van der Waals surface area contributed by atoms with Gasteiger partial charge in [0.25, 0.3) is 15.7 Å². The highest BCUT2D eigenvalue weighted by Gasteiger charge is 2.29. The van der Waals surface area contributed by atoms with E-state index >= 15 is 0 Å². The van der Waals surface area contributed by atoms with Gasteiger partial charge in [-0.15, -0.1) is 0 Å². The number of aryl methyl sites for hydroxylation is 2. The number of ether oxygens (including phenoxy) is 1. The molecule has 0 amide bonds. The Morgan fingerprint density at radius 2 is 1.88 bits per heavy atom. The third kappa shape index (κ3) is 3.99. The molecule has 0 bridgehead atoms. The summed E-state index contributed by atoms with van der Waals surface area (Å²) in [5.41, 5.74) is 1.08. The highest BCUT2D eigenvalue weighted by molar-refractivity contribution is 7.92. The lowest BCUT2D eigenvalue weighted by Crippen LogP contribution is -2.36. The van der Waals surface area contributed by atoms with Gasteiger partial charge in [0.15, 0.2) is 0 Å². The number of benzene rings is 2. The van der Waals surface area contributed by atoms with Crippen LogP contribution in [0.2, 0.25) is 0 Å². The van der Waals surface area contributed by atoms with E-state index in [0.29, 0.717) is 5.56 Å². The van der Waals surface area contributed by atoms with Gasteiger partial charge in [-0.25, -0.2) is 8.42 Å². The van der Waals surface area contributed by atoms with E-state index in [4.69, 9.17) is 0 Å². The van der Waals surface area contributed by atoms with E-state index in [1.165, 1.54) is 25.1 Å². The lowest BCUT2D eigenvalue weighted by atomic mass is 10.2. The van der Waals surface area contributed by atoms with Crippen LogP contribution in [-0.4, -0.2) is 33.0 Å². The lowest BCUT2D eigenvalue weighted by Gasteiger charge is -2.23. The maximum Gasteiger partial charge on any atom is 0.326 e. The fourth-order valence-electron chi connectivity index (χ4n) is 2.35. The molecule has 0 aliphatic carbocycles. The number of methoxy groups -OCH3 is 1. The van der Waals surface area contributed by atoms with Crippen molar-refractivity contribution >= 4 is 27.4 Å². The van der Waals surface area contributed by atoms with Gasteiger partial charge in [-0.05, 0) is 37.6 Å². The minimum Gasteiger partial charge on any atom is -0.468 e. The van der Waals surface area contributed by atoms with Crippen LogP contribution < -0.4 is 4.31 Å².